The number of benzene rings is 1. The van der Waals surface area contributed by atoms with E-state index in [1.165, 1.54) is 0 Å². The molecular formula is C20H29N3O2S. The minimum absolute atomic E-state index is 0.233. The minimum atomic E-state index is 0.233. The van der Waals surface area contributed by atoms with Gasteiger partial charge in [-0.15, -0.1) is 11.3 Å². The smallest absolute Gasteiger partial charge is 0.206 e. The van der Waals surface area contributed by atoms with Crippen molar-refractivity contribution < 1.29 is 9.47 Å². The average molecular weight is 376 g/mol. The Morgan fingerprint density at radius 3 is 2.62 bits per heavy atom. The standard InChI is InChI=1S/C20H29N3O2S/c1-14(2)9-10-25-18-8-7-17(11-19(18)24-6)12-21-23-16(5)13-26-20(23)22-15(3)4/h7-8,11-15H,9-10H2,1-6H3. The van der Waals surface area contributed by atoms with Gasteiger partial charge >= 0.3 is 0 Å². The lowest BCUT2D eigenvalue weighted by atomic mass is 10.1. The van der Waals surface area contributed by atoms with Crippen LogP contribution in [0.3, 0.4) is 0 Å². The summed E-state index contributed by atoms with van der Waals surface area (Å²) in [7, 11) is 1.66. The highest BCUT2D eigenvalue weighted by Crippen LogP contribution is 2.28. The normalized spacial score (nSPS) is 12.5. The van der Waals surface area contributed by atoms with Crippen LogP contribution in [0.15, 0.2) is 33.7 Å². The molecular weight excluding hydrogens is 346 g/mol. The topological polar surface area (TPSA) is 48.1 Å². The van der Waals surface area contributed by atoms with Gasteiger partial charge in [-0.1, -0.05) is 13.8 Å². The Balaban J connectivity index is 2.20. The molecule has 2 aromatic rings. The van der Waals surface area contributed by atoms with Crippen LogP contribution in [-0.4, -0.2) is 30.6 Å². The molecule has 0 atom stereocenters. The number of thiazole rings is 1. The van der Waals surface area contributed by atoms with Crippen LogP contribution in [0.5, 0.6) is 11.5 Å². The van der Waals surface area contributed by atoms with Gasteiger partial charge in [0.2, 0.25) is 4.80 Å². The van der Waals surface area contributed by atoms with Gasteiger partial charge in [0, 0.05) is 11.4 Å². The Morgan fingerprint density at radius 2 is 1.96 bits per heavy atom. The molecule has 0 saturated carbocycles. The number of hydrogen-bond donors (Lipinski definition) is 0. The molecule has 6 heteroatoms. The Kier molecular flexibility index (Phi) is 7.45. The first-order chi connectivity index (χ1) is 12.4. The molecule has 0 spiro atoms. The summed E-state index contributed by atoms with van der Waals surface area (Å²) in [5.74, 6) is 2.10. The first-order valence-electron chi connectivity index (χ1n) is 8.97. The average Bonchev–Trinajstić information content (AvgIpc) is 2.92. The fraction of sp³-hybridized carbons (Fsp3) is 0.500. The number of aryl methyl sites for hydroxylation is 1. The van der Waals surface area contributed by atoms with E-state index < -0.39 is 0 Å². The van der Waals surface area contributed by atoms with Gasteiger partial charge in [0.25, 0.3) is 0 Å². The van der Waals surface area contributed by atoms with Crippen molar-refractivity contribution in [3.63, 3.8) is 0 Å². The first kappa shape index (κ1) is 20.2. The molecule has 0 bridgehead atoms. The van der Waals surface area contributed by atoms with Gasteiger partial charge in [-0.25, -0.2) is 4.68 Å². The van der Waals surface area contributed by atoms with Gasteiger partial charge in [0.1, 0.15) is 0 Å². The van der Waals surface area contributed by atoms with Gasteiger partial charge in [0.05, 0.1) is 25.6 Å². The van der Waals surface area contributed by atoms with Gasteiger partial charge in [-0.2, -0.15) is 5.10 Å². The summed E-state index contributed by atoms with van der Waals surface area (Å²) in [5, 5.41) is 6.65. The van der Waals surface area contributed by atoms with Crippen molar-refractivity contribution in [2.75, 3.05) is 13.7 Å². The molecule has 1 aromatic carbocycles. The SMILES string of the molecule is COc1cc(C=Nn2c(C)csc2=NC(C)C)ccc1OCCC(C)C. The fourth-order valence-electron chi connectivity index (χ4n) is 2.25. The molecule has 2 rings (SSSR count). The highest BCUT2D eigenvalue weighted by molar-refractivity contribution is 7.07. The molecule has 0 fully saturated rings. The monoisotopic (exact) mass is 375 g/mol. The molecule has 0 aliphatic heterocycles. The summed E-state index contributed by atoms with van der Waals surface area (Å²) in [5.41, 5.74) is 2.01. The van der Waals surface area contributed by atoms with Crippen LogP contribution in [-0.2, 0) is 0 Å². The third-order valence-corrected chi connectivity index (χ3v) is 4.63. The van der Waals surface area contributed by atoms with E-state index in [4.69, 9.17) is 9.47 Å². The molecule has 0 unspecified atom stereocenters. The fourth-order valence-corrected chi connectivity index (χ4v) is 3.19. The van der Waals surface area contributed by atoms with E-state index in [9.17, 15) is 0 Å². The number of hydrogen-bond acceptors (Lipinski definition) is 5. The van der Waals surface area contributed by atoms with Crippen molar-refractivity contribution in [1.29, 1.82) is 0 Å². The van der Waals surface area contributed by atoms with E-state index in [0.29, 0.717) is 12.5 Å². The van der Waals surface area contributed by atoms with Gasteiger partial charge in [-0.3, -0.25) is 4.99 Å². The molecule has 0 aliphatic carbocycles. The van der Waals surface area contributed by atoms with Gasteiger partial charge in [0.15, 0.2) is 11.5 Å². The van der Waals surface area contributed by atoms with Crippen molar-refractivity contribution in [2.45, 2.75) is 47.1 Å². The van der Waals surface area contributed by atoms with Crippen LogP contribution < -0.4 is 14.3 Å². The third kappa shape index (κ3) is 5.73. The molecule has 0 radical (unpaired) electrons. The molecule has 0 aliphatic rings. The number of rotatable bonds is 8. The second-order valence-electron chi connectivity index (χ2n) is 6.88. The molecule has 1 heterocycles. The van der Waals surface area contributed by atoms with Crippen molar-refractivity contribution in [1.82, 2.24) is 4.68 Å². The second kappa shape index (κ2) is 9.57. The van der Waals surface area contributed by atoms with Crippen LogP contribution in [0.2, 0.25) is 0 Å². The maximum atomic E-state index is 5.84. The highest BCUT2D eigenvalue weighted by atomic mass is 32.1. The van der Waals surface area contributed by atoms with Gasteiger partial charge < -0.3 is 9.47 Å². The van der Waals surface area contributed by atoms with Crippen LogP contribution in [0.1, 0.15) is 45.4 Å². The number of nitrogens with zero attached hydrogens (tertiary/aromatic N) is 3. The Morgan fingerprint density at radius 1 is 1.19 bits per heavy atom. The molecule has 0 N–H and O–H groups in total. The van der Waals surface area contributed by atoms with E-state index in [-0.39, 0.29) is 6.04 Å². The lowest BCUT2D eigenvalue weighted by molar-refractivity contribution is 0.273. The van der Waals surface area contributed by atoms with E-state index in [1.807, 2.05) is 36.0 Å². The third-order valence-electron chi connectivity index (χ3n) is 3.68. The van der Waals surface area contributed by atoms with E-state index in [1.54, 1.807) is 18.4 Å². The molecule has 26 heavy (non-hydrogen) atoms. The van der Waals surface area contributed by atoms with Crippen LogP contribution >= 0.6 is 11.3 Å². The maximum Gasteiger partial charge on any atom is 0.206 e. The zero-order valence-electron chi connectivity index (χ0n) is 16.5. The number of methoxy groups -OCH3 is 1. The largest absolute Gasteiger partial charge is 0.493 e. The summed E-state index contributed by atoms with van der Waals surface area (Å²) < 4.78 is 13.2. The summed E-state index contributed by atoms with van der Waals surface area (Å²) in [6.45, 7) is 11.2. The zero-order valence-corrected chi connectivity index (χ0v) is 17.3. The summed E-state index contributed by atoms with van der Waals surface area (Å²) in [6, 6.07) is 6.09. The van der Waals surface area contributed by atoms with Crippen molar-refractivity contribution >= 4 is 17.6 Å². The number of ether oxygens (including phenoxy) is 2. The quantitative estimate of drug-likeness (QED) is 0.639. The van der Waals surface area contributed by atoms with Gasteiger partial charge in [-0.05, 0) is 56.9 Å². The van der Waals surface area contributed by atoms with E-state index in [2.05, 4.69) is 43.2 Å². The van der Waals surface area contributed by atoms with E-state index >= 15 is 0 Å². The lowest BCUT2D eigenvalue weighted by Crippen LogP contribution is -2.14. The Labute approximate surface area is 160 Å². The molecule has 0 amide bonds. The molecule has 142 valence electrons. The summed E-state index contributed by atoms with van der Waals surface area (Å²) >= 11 is 1.60. The molecule has 5 nitrogen and oxygen atoms in total. The predicted molar refractivity (Wildman–Crippen MR) is 109 cm³/mol. The Bertz CT molecular complexity index is 804. The van der Waals surface area contributed by atoms with Crippen molar-refractivity contribution in [2.24, 2.45) is 16.0 Å². The first-order valence-corrected chi connectivity index (χ1v) is 9.84. The molecule has 1 aromatic heterocycles. The van der Waals surface area contributed by atoms with Crippen LogP contribution in [0.25, 0.3) is 0 Å². The Hall–Kier alpha value is -2.08. The van der Waals surface area contributed by atoms with Crippen molar-refractivity contribution in [3.8, 4) is 11.5 Å². The van der Waals surface area contributed by atoms with Crippen LogP contribution in [0.4, 0.5) is 0 Å². The zero-order chi connectivity index (χ0) is 19.1. The minimum Gasteiger partial charge on any atom is -0.493 e. The second-order valence-corrected chi connectivity index (χ2v) is 7.72. The number of aromatic nitrogens is 1. The summed E-state index contributed by atoms with van der Waals surface area (Å²) in [4.78, 5) is 5.51. The van der Waals surface area contributed by atoms with Crippen molar-refractivity contribution in [3.05, 3.63) is 39.6 Å². The highest BCUT2D eigenvalue weighted by Gasteiger charge is 2.06. The molecule has 0 saturated heterocycles. The van der Waals surface area contributed by atoms with Crippen LogP contribution in [0, 0.1) is 12.8 Å². The summed E-state index contributed by atoms with van der Waals surface area (Å²) in [6.07, 6.45) is 2.84. The predicted octanol–water partition coefficient (Wildman–Crippen LogP) is 4.48. The van der Waals surface area contributed by atoms with E-state index in [0.717, 1.165) is 34.0 Å². The lowest BCUT2D eigenvalue weighted by Gasteiger charge is -2.12. The maximum absolute atomic E-state index is 5.84.